The van der Waals surface area contributed by atoms with E-state index in [9.17, 15) is 0 Å². The summed E-state index contributed by atoms with van der Waals surface area (Å²) in [5.41, 5.74) is -14.6. The second-order valence-electron chi connectivity index (χ2n) is 22.0. The Hall–Kier alpha value is 7.22. The fraction of sp³-hybridized carbons (Fsp3) is 1.00. The highest BCUT2D eigenvalue weighted by atomic mass is 35.5. The molecule has 0 N–H and O–H groups in total. The molecule has 33 heteroatoms. The highest BCUT2D eigenvalue weighted by Crippen LogP contribution is 2.78. The minimum absolute atomic E-state index is 0.0450. The summed E-state index contributed by atoms with van der Waals surface area (Å²) in [6, 6.07) is 0. The van der Waals surface area contributed by atoms with Crippen LogP contribution in [0.5, 0.6) is 0 Å². The fourth-order valence-corrected chi connectivity index (χ4v) is 25.8. The molecule has 0 amide bonds. The van der Waals surface area contributed by atoms with Gasteiger partial charge in [0.1, 0.15) is 0 Å². The third-order valence-electron chi connectivity index (χ3n) is 18.0. The van der Waals surface area contributed by atoms with E-state index >= 15 is 9.13 Å². The van der Waals surface area contributed by atoms with Gasteiger partial charge in [0.2, 0.25) is 0 Å². The zero-order chi connectivity index (χ0) is 66.0. The van der Waals surface area contributed by atoms with Gasteiger partial charge in [-0.25, -0.2) is 9.13 Å². The number of hydrogen-bond acceptors (Lipinski definition) is 7. The second kappa shape index (κ2) is 42.5. The molecule has 0 saturated carbocycles. The van der Waals surface area contributed by atoms with Crippen molar-refractivity contribution >= 4 is 294 Å². The summed E-state index contributed by atoms with van der Waals surface area (Å²) in [5.74, 6) is -3.97. The average molecular weight is 1730 g/mol. The maximum absolute atomic E-state index is 18.3. The molecule has 0 aliphatic rings. The van der Waals surface area contributed by atoms with Crippen molar-refractivity contribution in [3.63, 3.8) is 0 Å². The van der Waals surface area contributed by atoms with Crippen LogP contribution < -0.4 is 0 Å². The zero-order valence-corrected chi connectivity index (χ0v) is 68.2. The minimum atomic E-state index is -6.14. The van der Waals surface area contributed by atoms with E-state index in [1.807, 2.05) is 0 Å². The molecule has 0 radical (unpaired) electrons. The van der Waals surface area contributed by atoms with Gasteiger partial charge in [-0.15, -0.1) is 278 Å². The monoisotopic (exact) mass is 1720 g/mol. The molecule has 0 aromatic carbocycles. The molecule has 0 aromatic rings. The Morgan fingerprint density at radius 1 is 0.235 bits per heavy atom. The summed E-state index contributed by atoms with van der Waals surface area (Å²) in [6.07, 6.45) is -2.42. The maximum atomic E-state index is 18.3. The number of phosphoric acid groups is 2. The van der Waals surface area contributed by atoms with Gasteiger partial charge in [0.25, 0.3) is 0 Å². The Balaban J connectivity index is 11.4. The van der Waals surface area contributed by atoms with Crippen molar-refractivity contribution in [2.24, 2.45) is 21.7 Å². The second-order valence-corrected chi connectivity index (χ2v) is 35.6. The summed E-state index contributed by atoms with van der Waals surface area (Å²) in [7, 11) is -12.3. The van der Waals surface area contributed by atoms with Crippen LogP contribution in [0, 0.1) is 21.7 Å². The quantitative estimate of drug-likeness (QED) is 0.0443. The van der Waals surface area contributed by atoms with Crippen molar-refractivity contribution < 1.29 is 31.5 Å². The SMILES string of the molecule is CC(Cl)(CCl)C(CCCl)(CCCl)C(CCCl)(CCCl)OP(=O)(OC(CCCl)(CCCl)C(CCCl)(CCCl)C(C)(Cl)CCl)OP(=O)(OC(CCCl)(CCCl)C(CCCl)(CCCl)C(C)(Cl)CCl)OC(CCCl)(CCCl)C(CCCl)(CCCl)C(C)(Cl)CCl. The molecule has 0 aliphatic carbocycles. The summed E-state index contributed by atoms with van der Waals surface area (Å²) in [5, 5.41) is 0. The van der Waals surface area contributed by atoms with Crippen LogP contribution in [0.3, 0.4) is 0 Å². The van der Waals surface area contributed by atoms with E-state index in [2.05, 4.69) is 0 Å². The lowest BCUT2D eigenvalue weighted by Crippen LogP contribution is -2.63. The van der Waals surface area contributed by atoms with E-state index in [1.54, 1.807) is 27.7 Å². The Kier molecular flexibility index (Phi) is 46.1. The molecule has 0 heterocycles. The topological polar surface area (TPSA) is 80.3 Å². The molecule has 0 rings (SSSR count). The fourth-order valence-electron chi connectivity index (χ4n) is 13.5. The Labute approximate surface area is 629 Å². The molecular weight excluding hydrogens is 1650 g/mol. The van der Waals surface area contributed by atoms with Crippen molar-refractivity contribution in [3.8, 4) is 0 Å². The molecule has 0 fully saturated rings. The molecular formula is C52H84Cl24O7P2. The zero-order valence-electron chi connectivity index (χ0n) is 48.3. The van der Waals surface area contributed by atoms with Gasteiger partial charge < -0.3 is 0 Å². The molecule has 85 heavy (non-hydrogen) atoms. The van der Waals surface area contributed by atoms with E-state index in [0.29, 0.717) is 0 Å². The van der Waals surface area contributed by atoms with E-state index in [1.165, 1.54) is 0 Å². The van der Waals surface area contributed by atoms with Crippen LogP contribution in [-0.2, 0) is 31.5 Å². The molecule has 4 unspecified atom stereocenters. The molecule has 0 aromatic heterocycles. The van der Waals surface area contributed by atoms with Crippen LogP contribution in [0.2, 0.25) is 0 Å². The van der Waals surface area contributed by atoms with Crippen LogP contribution in [0.25, 0.3) is 0 Å². The summed E-state index contributed by atoms with van der Waals surface area (Å²) < 4.78 is 73.5. The first-order valence-electron chi connectivity index (χ1n) is 27.4. The summed E-state index contributed by atoms with van der Waals surface area (Å²) in [6.45, 7) is 6.56. The largest absolute Gasteiger partial charge is 0.484 e. The van der Waals surface area contributed by atoms with Gasteiger partial charge in [-0.1, -0.05) is 0 Å². The molecule has 7 nitrogen and oxygen atoms in total. The van der Waals surface area contributed by atoms with Crippen molar-refractivity contribution in [2.75, 3.05) is 118 Å². The molecule has 0 aliphatic heterocycles. The van der Waals surface area contributed by atoms with Gasteiger partial charge in [0, 0.05) is 139 Å². The minimum Gasteiger partial charge on any atom is -0.279 e. The normalized spacial score (nSPS) is 18.1. The first-order valence-corrected chi connectivity index (χ1v) is 42.6. The molecule has 512 valence electrons. The van der Waals surface area contributed by atoms with Gasteiger partial charge in [-0.2, -0.15) is 4.31 Å². The average Bonchev–Trinajstić information content (AvgIpc) is 3.42. The van der Waals surface area contributed by atoms with Gasteiger partial charge >= 0.3 is 15.6 Å². The predicted octanol–water partition coefficient (Wildman–Crippen LogP) is 25.2. The van der Waals surface area contributed by atoms with Crippen LogP contribution in [-0.4, -0.2) is 160 Å². The molecule has 0 saturated heterocycles. The van der Waals surface area contributed by atoms with Gasteiger partial charge in [0.05, 0.1) is 41.9 Å². The first kappa shape index (κ1) is 92.2. The van der Waals surface area contributed by atoms with E-state index in [4.69, 9.17) is 301 Å². The third kappa shape index (κ3) is 21.2. The number of phosphoric ester groups is 2. The third-order valence-corrected chi connectivity index (χ3v) is 29.6. The lowest BCUT2D eigenvalue weighted by atomic mass is 9.59. The van der Waals surface area contributed by atoms with Gasteiger partial charge in [-0.05, 0) is 130 Å². The maximum Gasteiger partial charge on any atom is 0.484 e. The number of hydrogen-bond donors (Lipinski definition) is 0. The number of rotatable bonds is 54. The van der Waals surface area contributed by atoms with Crippen LogP contribution in [0.4, 0.5) is 0 Å². The number of alkyl halides is 24. The van der Waals surface area contributed by atoms with Gasteiger partial charge in [0.15, 0.2) is 0 Å². The van der Waals surface area contributed by atoms with Crippen LogP contribution in [0.1, 0.15) is 130 Å². The summed E-state index contributed by atoms with van der Waals surface area (Å²) in [4.78, 5) is -6.31. The molecule has 0 spiro atoms. The lowest BCUT2D eigenvalue weighted by Gasteiger charge is -2.60. The highest BCUT2D eigenvalue weighted by Gasteiger charge is 2.71. The van der Waals surface area contributed by atoms with E-state index in [0.717, 1.165) is 0 Å². The van der Waals surface area contributed by atoms with Crippen molar-refractivity contribution in [1.82, 2.24) is 0 Å². The highest BCUT2D eigenvalue weighted by molar-refractivity contribution is 7.62. The van der Waals surface area contributed by atoms with Crippen LogP contribution in [0.15, 0.2) is 0 Å². The van der Waals surface area contributed by atoms with Crippen molar-refractivity contribution in [1.29, 1.82) is 0 Å². The van der Waals surface area contributed by atoms with Gasteiger partial charge in [-0.3, -0.25) is 18.1 Å². The van der Waals surface area contributed by atoms with Crippen LogP contribution >= 0.6 is 294 Å². The first-order chi connectivity index (χ1) is 39.7. The smallest absolute Gasteiger partial charge is 0.279 e. The number of halogens is 24. The van der Waals surface area contributed by atoms with E-state index in [-0.39, 0.29) is 220 Å². The predicted molar refractivity (Wildman–Crippen MR) is 387 cm³/mol. The Morgan fingerprint density at radius 2 is 0.353 bits per heavy atom. The Morgan fingerprint density at radius 3 is 0.447 bits per heavy atom. The molecule has 0 bridgehead atoms. The van der Waals surface area contributed by atoms with Crippen molar-refractivity contribution in [2.45, 2.75) is 172 Å². The lowest BCUT2D eigenvalue weighted by molar-refractivity contribution is -0.156. The molecule has 4 atom stereocenters. The van der Waals surface area contributed by atoms with E-state index < -0.39 is 79.2 Å². The van der Waals surface area contributed by atoms with Crippen molar-refractivity contribution in [3.05, 3.63) is 0 Å². The Bertz CT molecular complexity index is 1650. The standard InChI is InChI=1S/C52H84Cl24O7P2/c1-41(73,37-69)45(5-21-53,6-22-54)49(13-29-61,14-30-62)79-84(77,80-50(15-31-63,16-32-64)46(7-23-55,8-24-56)42(2,74)38-70)83-85(78,81-51(17-33-65,18-34-66)47(9-25-57,10-26-58)43(3,75)39-71)82-52(19-35-67,20-36-68)48(11-27-59,12-28-60)44(4,76)40-72/h5-40H2,1-4H3. The summed E-state index contributed by atoms with van der Waals surface area (Å²) >= 11 is 168.